The third-order valence-electron chi connectivity index (χ3n) is 8.63. The van der Waals surface area contributed by atoms with Gasteiger partial charge in [0, 0.05) is 43.6 Å². The number of carbonyl (C=O) groups excluding carboxylic acids is 4. The smallest absolute Gasteiger partial charge is 0.254 e. The van der Waals surface area contributed by atoms with Crippen LogP contribution in [0.5, 0.6) is 0 Å². The molecule has 0 saturated carbocycles. The summed E-state index contributed by atoms with van der Waals surface area (Å²) in [6.45, 7) is 4.84. The van der Waals surface area contributed by atoms with Crippen molar-refractivity contribution in [1.82, 2.24) is 40.4 Å². The minimum absolute atomic E-state index is 0.00850. The molecule has 12 nitrogen and oxygen atoms in total. The van der Waals surface area contributed by atoms with E-state index in [-0.39, 0.29) is 56.7 Å². The lowest BCUT2D eigenvalue weighted by atomic mass is 10.0. The molecule has 2 atom stereocenters. The fourth-order valence-electron chi connectivity index (χ4n) is 6.17. The molecule has 238 valence electrons. The Kier molecular flexibility index (Phi) is 9.04. The summed E-state index contributed by atoms with van der Waals surface area (Å²) in [5.74, 6) is -1.26. The molecule has 0 aliphatic carbocycles. The standard InChI is InChI=1S/C34H38N8O4/c1-3-23-11-12-28-26(17-23)27(16-22(2)36-28)33(45)40-14-15-42-30(21-40)32(44)35-19-25-20-41(39-38-25)13-7-10-31(43)37-29(34(42)46)18-24-8-5-4-6-9-24/h4-6,8-9,11-12,16-17,20,29-30H,3,7,10,13-15,18-19,21H2,1-2H3,(H,35,44)(H,37,43)/t29-,30+/m0/s1. The number of rotatable bonds is 4. The molecule has 2 aliphatic rings. The second-order valence-corrected chi connectivity index (χ2v) is 11.9. The molecular weight excluding hydrogens is 584 g/mol. The topological polar surface area (TPSA) is 142 Å². The van der Waals surface area contributed by atoms with E-state index in [0.717, 1.165) is 28.5 Å². The van der Waals surface area contributed by atoms with Crippen LogP contribution in [0.1, 0.15) is 52.6 Å². The van der Waals surface area contributed by atoms with E-state index in [9.17, 15) is 19.2 Å². The number of amides is 4. The number of nitrogens with one attached hydrogen (secondary N) is 2. The van der Waals surface area contributed by atoms with Gasteiger partial charge in [-0.05, 0) is 49.1 Å². The Bertz CT molecular complexity index is 1770. The van der Waals surface area contributed by atoms with Gasteiger partial charge in [-0.3, -0.25) is 28.8 Å². The molecule has 4 amide bonds. The summed E-state index contributed by atoms with van der Waals surface area (Å²) in [5.41, 5.74) is 4.49. The van der Waals surface area contributed by atoms with E-state index in [0.29, 0.717) is 29.9 Å². The quantitative estimate of drug-likeness (QED) is 0.355. The Hall–Kier alpha value is -5.13. The van der Waals surface area contributed by atoms with Crippen LogP contribution in [-0.2, 0) is 40.3 Å². The molecule has 2 aromatic heterocycles. The number of fused-ring (bicyclic) bond motifs is 4. The normalized spacial score (nSPS) is 19.6. The summed E-state index contributed by atoms with van der Waals surface area (Å²) in [7, 11) is 0. The van der Waals surface area contributed by atoms with E-state index < -0.39 is 18.0 Å². The molecule has 2 aliphatic heterocycles. The maximum atomic E-state index is 14.2. The SMILES string of the molecule is CCc1ccc2nc(C)cc(C(=O)N3CCN4C(=O)[C@H](Cc5ccccc5)NC(=O)CCCn5cc(nn5)CNC(=O)[C@H]4C3)c2c1. The van der Waals surface area contributed by atoms with Gasteiger partial charge in [-0.1, -0.05) is 48.5 Å². The number of hydrogen-bond acceptors (Lipinski definition) is 7. The largest absolute Gasteiger partial charge is 0.348 e. The number of pyridine rings is 1. The zero-order valence-electron chi connectivity index (χ0n) is 26.1. The average molecular weight is 623 g/mol. The number of hydrogen-bond donors (Lipinski definition) is 2. The highest BCUT2D eigenvalue weighted by Crippen LogP contribution is 2.24. The van der Waals surface area contributed by atoms with Crippen molar-refractivity contribution in [3.63, 3.8) is 0 Å². The van der Waals surface area contributed by atoms with Gasteiger partial charge < -0.3 is 20.4 Å². The average Bonchev–Trinajstić information content (AvgIpc) is 3.53. The first-order valence-corrected chi connectivity index (χ1v) is 15.8. The van der Waals surface area contributed by atoms with Gasteiger partial charge in [0.15, 0.2) is 0 Å². The molecule has 2 N–H and O–H groups in total. The molecular formula is C34H38N8O4. The van der Waals surface area contributed by atoms with Crippen LogP contribution in [0.2, 0.25) is 0 Å². The van der Waals surface area contributed by atoms with E-state index in [1.54, 1.807) is 21.8 Å². The van der Waals surface area contributed by atoms with Gasteiger partial charge in [-0.15, -0.1) is 5.10 Å². The molecule has 46 heavy (non-hydrogen) atoms. The third-order valence-corrected chi connectivity index (χ3v) is 8.63. The first-order valence-electron chi connectivity index (χ1n) is 15.8. The van der Waals surface area contributed by atoms with Gasteiger partial charge in [0.2, 0.25) is 17.7 Å². The van der Waals surface area contributed by atoms with Crippen LogP contribution >= 0.6 is 0 Å². The molecule has 0 radical (unpaired) electrons. The van der Waals surface area contributed by atoms with E-state index in [1.165, 1.54) is 4.90 Å². The number of nitrogens with zero attached hydrogens (tertiary/aromatic N) is 6. The van der Waals surface area contributed by atoms with Gasteiger partial charge in [0.1, 0.15) is 17.8 Å². The molecule has 4 aromatic rings. The molecule has 2 aromatic carbocycles. The number of aryl methyl sites for hydroxylation is 3. The minimum Gasteiger partial charge on any atom is -0.348 e. The van der Waals surface area contributed by atoms with Crippen molar-refractivity contribution in [2.45, 2.75) is 64.7 Å². The van der Waals surface area contributed by atoms with Crippen LogP contribution in [0.4, 0.5) is 0 Å². The van der Waals surface area contributed by atoms with E-state index >= 15 is 0 Å². The van der Waals surface area contributed by atoms with Crippen molar-refractivity contribution in [3.05, 3.63) is 88.9 Å². The molecule has 1 fully saturated rings. The van der Waals surface area contributed by atoms with Crippen LogP contribution in [0.25, 0.3) is 10.9 Å². The maximum absolute atomic E-state index is 14.2. The molecule has 4 heterocycles. The van der Waals surface area contributed by atoms with Gasteiger partial charge in [-0.2, -0.15) is 0 Å². The summed E-state index contributed by atoms with van der Waals surface area (Å²) in [5, 5.41) is 14.9. The second-order valence-electron chi connectivity index (χ2n) is 11.9. The van der Waals surface area contributed by atoms with Gasteiger partial charge in [0.25, 0.3) is 5.91 Å². The van der Waals surface area contributed by atoms with Crippen molar-refractivity contribution in [2.24, 2.45) is 0 Å². The highest BCUT2D eigenvalue weighted by atomic mass is 16.2. The lowest BCUT2D eigenvalue weighted by Gasteiger charge is -2.42. The monoisotopic (exact) mass is 622 g/mol. The van der Waals surface area contributed by atoms with E-state index in [4.69, 9.17) is 0 Å². The Morgan fingerprint density at radius 1 is 1.00 bits per heavy atom. The van der Waals surface area contributed by atoms with Crippen molar-refractivity contribution in [2.75, 3.05) is 19.6 Å². The highest BCUT2D eigenvalue weighted by molar-refractivity contribution is 6.07. The van der Waals surface area contributed by atoms with Gasteiger partial charge >= 0.3 is 0 Å². The summed E-state index contributed by atoms with van der Waals surface area (Å²) in [6.07, 6.45) is 3.54. The first kappa shape index (κ1) is 30.9. The fourth-order valence-corrected chi connectivity index (χ4v) is 6.17. The molecule has 0 unspecified atom stereocenters. The Labute approximate surface area is 267 Å². The van der Waals surface area contributed by atoms with Crippen LogP contribution in [0, 0.1) is 6.92 Å². The van der Waals surface area contributed by atoms with Crippen LogP contribution in [-0.4, -0.2) is 85.1 Å². The fraction of sp³-hybridized carbons (Fsp3) is 0.382. The molecule has 12 heteroatoms. The summed E-state index contributed by atoms with van der Waals surface area (Å²) in [4.78, 5) is 63.1. The number of aromatic nitrogens is 4. The molecule has 6 rings (SSSR count). The van der Waals surface area contributed by atoms with Gasteiger partial charge in [0.05, 0.1) is 30.4 Å². The first-order chi connectivity index (χ1) is 22.3. The van der Waals surface area contributed by atoms with E-state index in [1.807, 2.05) is 55.5 Å². The second kappa shape index (κ2) is 13.5. The zero-order chi connectivity index (χ0) is 32.2. The predicted octanol–water partition coefficient (Wildman–Crippen LogP) is 2.19. The third kappa shape index (κ3) is 6.75. The zero-order valence-corrected chi connectivity index (χ0v) is 26.1. The minimum atomic E-state index is -0.985. The van der Waals surface area contributed by atoms with Crippen LogP contribution in [0.3, 0.4) is 0 Å². The lowest BCUT2D eigenvalue weighted by molar-refractivity contribution is -0.146. The Morgan fingerprint density at radius 3 is 2.63 bits per heavy atom. The Morgan fingerprint density at radius 2 is 1.83 bits per heavy atom. The summed E-state index contributed by atoms with van der Waals surface area (Å²) < 4.78 is 1.64. The van der Waals surface area contributed by atoms with Crippen molar-refractivity contribution >= 4 is 34.5 Å². The number of benzene rings is 2. The van der Waals surface area contributed by atoms with Crippen LogP contribution in [0.15, 0.2) is 60.8 Å². The van der Waals surface area contributed by atoms with Crippen molar-refractivity contribution in [3.8, 4) is 0 Å². The number of piperazine rings is 1. The van der Waals surface area contributed by atoms with Crippen LogP contribution < -0.4 is 10.6 Å². The predicted molar refractivity (Wildman–Crippen MR) is 170 cm³/mol. The Balaban J connectivity index is 1.32. The molecule has 2 bridgehead atoms. The number of carbonyl (C=O) groups is 4. The molecule has 1 saturated heterocycles. The van der Waals surface area contributed by atoms with Crippen molar-refractivity contribution in [1.29, 1.82) is 0 Å². The highest BCUT2D eigenvalue weighted by Gasteiger charge is 2.40. The van der Waals surface area contributed by atoms with Crippen molar-refractivity contribution < 1.29 is 19.2 Å². The lowest BCUT2D eigenvalue weighted by Crippen LogP contribution is -2.64. The maximum Gasteiger partial charge on any atom is 0.254 e. The van der Waals surface area contributed by atoms with E-state index in [2.05, 4.69) is 32.9 Å². The summed E-state index contributed by atoms with van der Waals surface area (Å²) in [6, 6.07) is 15.3. The molecule has 0 spiro atoms. The van der Waals surface area contributed by atoms with Gasteiger partial charge in [-0.25, -0.2) is 0 Å². The summed E-state index contributed by atoms with van der Waals surface area (Å²) >= 11 is 0.